The minimum absolute atomic E-state index is 0.0552. The summed E-state index contributed by atoms with van der Waals surface area (Å²) < 4.78 is 0. The molecule has 0 spiro atoms. The van der Waals surface area contributed by atoms with Gasteiger partial charge >= 0.3 is 12.0 Å². The third-order valence-electron chi connectivity index (χ3n) is 4.27. The van der Waals surface area contributed by atoms with Gasteiger partial charge in [-0.05, 0) is 37.2 Å². The molecule has 126 valence electrons. The maximum atomic E-state index is 12.1. The number of carboxylic acid groups (broad SMARTS) is 1. The highest BCUT2D eigenvalue weighted by molar-refractivity contribution is 5.75. The molecule has 0 aromatic heterocycles. The molecule has 3 N–H and O–H groups in total. The average Bonchev–Trinajstić information content (AvgIpc) is 3.23. The quantitative estimate of drug-likeness (QED) is 0.655. The van der Waals surface area contributed by atoms with E-state index in [1.807, 2.05) is 30.3 Å². The van der Waals surface area contributed by atoms with Gasteiger partial charge in [0.25, 0.3) is 0 Å². The summed E-state index contributed by atoms with van der Waals surface area (Å²) in [7, 11) is 0. The fourth-order valence-corrected chi connectivity index (χ4v) is 2.93. The zero-order valence-electron chi connectivity index (χ0n) is 13.6. The van der Waals surface area contributed by atoms with Crippen LogP contribution in [0.2, 0.25) is 0 Å². The lowest BCUT2D eigenvalue weighted by Crippen LogP contribution is -2.44. The van der Waals surface area contributed by atoms with Gasteiger partial charge in [-0.25, -0.2) is 4.79 Å². The maximum Gasteiger partial charge on any atom is 0.315 e. The Bertz CT molecular complexity index is 518. The van der Waals surface area contributed by atoms with E-state index in [9.17, 15) is 9.59 Å². The SMILES string of the molecule is CCCC1CC1NC(=O)NC(CCC(=O)O)Cc1ccccc1. The van der Waals surface area contributed by atoms with E-state index in [4.69, 9.17) is 5.11 Å². The van der Waals surface area contributed by atoms with Crippen LogP contribution >= 0.6 is 0 Å². The van der Waals surface area contributed by atoms with Gasteiger partial charge in [-0.15, -0.1) is 0 Å². The Morgan fingerprint density at radius 3 is 2.70 bits per heavy atom. The van der Waals surface area contributed by atoms with Crippen LogP contribution in [-0.2, 0) is 11.2 Å². The molecule has 2 rings (SSSR count). The van der Waals surface area contributed by atoms with Gasteiger partial charge in [-0.2, -0.15) is 0 Å². The minimum atomic E-state index is -0.838. The molecule has 5 nitrogen and oxygen atoms in total. The molecule has 2 amide bonds. The highest BCUT2D eigenvalue weighted by atomic mass is 16.4. The van der Waals surface area contributed by atoms with Gasteiger partial charge in [0.1, 0.15) is 0 Å². The summed E-state index contributed by atoms with van der Waals surface area (Å²) in [5.74, 6) is -0.229. The van der Waals surface area contributed by atoms with E-state index in [2.05, 4.69) is 17.6 Å². The van der Waals surface area contributed by atoms with Crippen molar-refractivity contribution >= 4 is 12.0 Å². The van der Waals surface area contributed by atoms with Crippen molar-refractivity contribution in [3.05, 3.63) is 35.9 Å². The maximum absolute atomic E-state index is 12.1. The Morgan fingerprint density at radius 2 is 2.04 bits per heavy atom. The highest BCUT2D eigenvalue weighted by Crippen LogP contribution is 2.34. The minimum Gasteiger partial charge on any atom is -0.481 e. The first-order chi connectivity index (χ1) is 11.1. The van der Waals surface area contributed by atoms with Crippen LogP contribution in [0.4, 0.5) is 4.79 Å². The fraction of sp³-hybridized carbons (Fsp3) is 0.556. The predicted octanol–water partition coefficient (Wildman–Crippen LogP) is 2.95. The zero-order valence-corrected chi connectivity index (χ0v) is 13.6. The Labute approximate surface area is 137 Å². The molecule has 1 aromatic rings. The molecule has 0 saturated heterocycles. The Kier molecular flexibility index (Phi) is 6.44. The summed E-state index contributed by atoms with van der Waals surface area (Å²) >= 11 is 0. The van der Waals surface area contributed by atoms with Crippen LogP contribution < -0.4 is 10.6 Å². The van der Waals surface area contributed by atoms with Gasteiger partial charge in [-0.1, -0.05) is 43.7 Å². The number of rotatable bonds is 9. The van der Waals surface area contributed by atoms with E-state index < -0.39 is 5.97 Å². The number of benzene rings is 1. The Morgan fingerprint density at radius 1 is 1.30 bits per heavy atom. The van der Waals surface area contributed by atoms with Gasteiger partial charge in [0, 0.05) is 18.5 Å². The molecule has 1 aliphatic rings. The summed E-state index contributed by atoms with van der Waals surface area (Å²) in [5.41, 5.74) is 1.10. The van der Waals surface area contributed by atoms with Gasteiger partial charge < -0.3 is 15.7 Å². The topological polar surface area (TPSA) is 78.4 Å². The van der Waals surface area contributed by atoms with Crippen molar-refractivity contribution in [3.8, 4) is 0 Å². The van der Waals surface area contributed by atoms with E-state index in [0.717, 1.165) is 24.8 Å². The number of urea groups is 1. The molecule has 0 heterocycles. The molecule has 23 heavy (non-hydrogen) atoms. The predicted molar refractivity (Wildman–Crippen MR) is 89.3 cm³/mol. The Hall–Kier alpha value is -2.04. The first-order valence-electron chi connectivity index (χ1n) is 8.41. The molecule has 1 fully saturated rings. The lowest BCUT2D eigenvalue weighted by Gasteiger charge is -2.19. The van der Waals surface area contributed by atoms with E-state index >= 15 is 0 Å². The molecule has 5 heteroatoms. The lowest BCUT2D eigenvalue weighted by atomic mass is 10.0. The second-order valence-corrected chi connectivity index (χ2v) is 6.33. The lowest BCUT2D eigenvalue weighted by molar-refractivity contribution is -0.137. The van der Waals surface area contributed by atoms with Crippen molar-refractivity contribution in [3.63, 3.8) is 0 Å². The van der Waals surface area contributed by atoms with Crippen LogP contribution in [-0.4, -0.2) is 29.2 Å². The van der Waals surface area contributed by atoms with Crippen LogP contribution in [0.3, 0.4) is 0 Å². The monoisotopic (exact) mass is 318 g/mol. The molecule has 1 aliphatic carbocycles. The number of carbonyl (C=O) groups is 2. The van der Waals surface area contributed by atoms with E-state index in [1.54, 1.807) is 0 Å². The van der Waals surface area contributed by atoms with E-state index in [0.29, 0.717) is 18.8 Å². The number of aliphatic carboxylic acids is 1. The van der Waals surface area contributed by atoms with Crippen LogP contribution in [0.15, 0.2) is 30.3 Å². The fourth-order valence-electron chi connectivity index (χ4n) is 2.93. The smallest absolute Gasteiger partial charge is 0.315 e. The van der Waals surface area contributed by atoms with Crippen LogP contribution in [0.25, 0.3) is 0 Å². The molecule has 0 bridgehead atoms. The molecule has 3 atom stereocenters. The van der Waals surface area contributed by atoms with Crippen molar-refractivity contribution in [1.82, 2.24) is 10.6 Å². The molecular weight excluding hydrogens is 292 g/mol. The summed E-state index contributed by atoms with van der Waals surface area (Å²) in [6.45, 7) is 2.15. The second-order valence-electron chi connectivity index (χ2n) is 6.33. The van der Waals surface area contributed by atoms with Crippen molar-refractivity contribution < 1.29 is 14.7 Å². The van der Waals surface area contributed by atoms with E-state index in [1.165, 1.54) is 0 Å². The molecule has 3 unspecified atom stereocenters. The first kappa shape index (κ1) is 17.3. The second kappa shape index (κ2) is 8.56. The zero-order chi connectivity index (χ0) is 16.7. The summed E-state index contributed by atoms with van der Waals surface area (Å²) in [6, 6.07) is 9.75. The number of carboxylic acids is 1. The number of hydrogen-bond acceptors (Lipinski definition) is 2. The normalized spacial score (nSPS) is 20.6. The van der Waals surface area contributed by atoms with Gasteiger partial charge in [0.2, 0.25) is 0 Å². The van der Waals surface area contributed by atoms with Crippen LogP contribution in [0, 0.1) is 5.92 Å². The largest absolute Gasteiger partial charge is 0.481 e. The first-order valence-corrected chi connectivity index (χ1v) is 8.41. The summed E-state index contributed by atoms with van der Waals surface area (Å²) in [6.07, 6.45) is 4.47. The number of carbonyl (C=O) groups excluding carboxylic acids is 1. The average molecular weight is 318 g/mol. The molecule has 0 radical (unpaired) electrons. The molecule has 0 aliphatic heterocycles. The van der Waals surface area contributed by atoms with E-state index in [-0.39, 0.29) is 24.5 Å². The third-order valence-corrected chi connectivity index (χ3v) is 4.27. The number of hydrogen-bond donors (Lipinski definition) is 3. The molecular formula is C18H26N2O3. The number of amides is 2. The van der Waals surface area contributed by atoms with Crippen molar-refractivity contribution in [2.75, 3.05) is 0 Å². The van der Waals surface area contributed by atoms with Crippen LogP contribution in [0.1, 0.15) is 44.6 Å². The van der Waals surface area contributed by atoms with Gasteiger partial charge in [0.15, 0.2) is 0 Å². The van der Waals surface area contributed by atoms with Gasteiger partial charge in [-0.3, -0.25) is 4.79 Å². The van der Waals surface area contributed by atoms with Crippen LogP contribution in [0.5, 0.6) is 0 Å². The Balaban J connectivity index is 1.83. The van der Waals surface area contributed by atoms with Crippen molar-refractivity contribution in [1.29, 1.82) is 0 Å². The summed E-state index contributed by atoms with van der Waals surface area (Å²) in [5, 5.41) is 14.8. The molecule has 1 saturated carbocycles. The van der Waals surface area contributed by atoms with Crippen molar-refractivity contribution in [2.45, 2.75) is 57.5 Å². The number of nitrogens with one attached hydrogen (secondary N) is 2. The summed E-state index contributed by atoms with van der Waals surface area (Å²) in [4.78, 5) is 22.9. The highest BCUT2D eigenvalue weighted by Gasteiger charge is 2.37. The van der Waals surface area contributed by atoms with Crippen molar-refractivity contribution in [2.24, 2.45) is 5.92 Å². The van der Waals surface area contributed by atoms with Gasteiger partial charge in [0.05, 0.1) is 0 Å². The molecule has 1 aromatic carbocycles. The third kappa shape index (κ3) is 6.30. The standard InChI is InChI=1S/C18H26N2O3/c1-2-6-14-12-16(14)20-18(23)19-15(9-10-17(21)22)11-13-7-4-3-5-8-13/h3-5,7-8,14-16H,2,6,9-12H2,1H3,(H,21,22)(H2,19,20,23).